The quantitative estimate of drug-likeness (QED) is 0.657. The second-order valence-electron chi connectivity index (χ2n) is 6.96. The molecule has 0 radical (unpaired) electrons. The Morgan fingerprint density at radius 1 is 1.11 bits per heavy atom. The highest BCUT2D eigenvalue weighted by atomic mass is 16.5. The molecule has 1 aliphatic carbocycles. The molecule has 0 aromatic heterocycles. The summed E-state index contributed by atoms with van der Waals surface area (Å²) >= 11 is 0. The van der Waals surface area contributed by atoms with Crippen molar-refractivity contribution < 1.29 is 19.2 Å². The number of benzene rings is 2. The van der Waals surface area contributed by atoms with E-state index in [1.165, 1.54) is 0 Å². The molecule has 1 unspecified atom stereocenters. The van der Waals surface area contributed by atoms with Crippen molar-refractivity contribution in [1.82, 2.24) is 5.32 Å². The Kier molecular flexibility index (Phi) is 6.08. The lowest BCUT2D eigenvalue weighted by Crippen LogP contribution is -3.08. The molecule has 0 saturated heterocycles. The molecule has 2 aromatic carbocycles. The summed E-state index contributed by atoms with van der Waals surface area (Å²) in [5, 5.41) is 5.84. The lowest BCUT2D eigenvalue weighted by atomic mass is 10.1. The largest absolute Gasteiger partial charge is 0.496 e. The lowest BCUT2D eigenvalue weighted by Gasteiger charge is -2.16. The first-order valence-electron chi connectivity index (χ1n) is 9.19. The van der Waals surface area contributed by atoms with Crippen LogP contribution in [-0.4, -0.2) is 38.6 Å². The molecule has 1 atom stereocenters. The van der Waals surface area contributed by atoms with Crippen LogP contribution in [0.1, 0.15) is 28.8 Å². The maximum Gasteiger partial charge on any atom is 0.279 e. The normalized spacial score (nSPS) is 14.3. The predicted octanol–water partition coefficient (Wildman–Crippen LogP) is 1.24. The van der Waals surface area contributed by atoms with Gasteiger partial charge in [0, 0.05) is 11.6 Å². The summed E-state index contributed by atoms with van der Waals surface area (Å²) in [7, 11) is 3.60. The van der Waals surface area contributed by atoms with Crippen LogP contribution in [0.15, 0.2) is 48.5 Å². The minimum Gasteiger partial charge on any atom is -0.496 e. The van der Waals surface area contributed by atoms with Crippen molar-refractivity contribution in [1.29, 1.82) is 0 Å². The topological polar surface area (TPSA) is 71.9 Å². The molecular formula is C21H26N3O3+. The van der Waals surface area contributed by atoms with Crippen molar-refractivity contribution in [3.05, 3.63) is 59.7 Å². The number of carbonyl (C=O) groups is 2. The highest BCUT2D eigenvalue weighted by Crippen LogP contribution is 2.21. The van der Waals surface area contributed by atoms with Crippen LogP contribution in [0.3, 0.4) is 0 Å². The molecule has 27 heavy (non-hydrogen) atoms. The van der Waals surface area contributed by atoms with E-state index >= 15 is 0 Å². The third-order valence-electron chi connectivity index (χ3n) is 4.51. The summed E-state index contributed by atoms with van der Waals surface area (Å²) in [4.78, 5) is 25.9. The molecular weight excluding hydrogens is 342 g/mol. The zero-order valence-corrected chi connectivity index (χ0v) is 15.7. The second kappa shape index (κ2) is 8.68. The van der Waals surface area contributed by atoms with E-state index in [1.54, 1.807) is 25.3 Å². The molecule has 142 valence electrons. The van der Waals surface area contributed by atoms with Crippen LogP contribution in [-0.2, 0) is 11.3 Å². The number of amides is 2. The van der Waals surface area contributed by atoms with Crippen molar-refractivity contribution in [2.45, 2.75) is 25.4 Å². The molecule has 0 spiro atoms. The molecule has 0 aliphatic heterocycles. The number of para-hydroxylation sites is 2. The molecule has 3 N–H and O–H groups in total. The molecule has 1 aliphatic rings. The first-order valence-corrected chi connectivity index (χ1v) is 9.19. The van der Waals surface area contributed by atoms with Gasteiger partial charge in [0.05, 0.1) is 25.4 Å². The van der Waals surface area contributed by atoms with E-state index in [-0.39, 0.29) is 24.4 Å². The number of likely N-dealkylation sites (N-methyl/N-ethyl adjacent to an activating group) is 1. The number of nitrogens with one attached hydrogen (secondary N) is 3. The van der Waals surface area contributed by atoms with Crippen molar-refractivity contribution in [3.63, 3.8) is 0 Å². The van der Waals surface area contributed by atoms with Crippen molar-refractivity contribution in [2.75, 3.05) is 26.0 Å². The van der Waals surface area contributed by atoms with E-state index < -0.39 is 0 Å². The average molecular weight is 368 g/mol. The summed E-state index contributed by atoms with van der Waals surface area (Å²) in [6.07, 6.45) is 2.05. The fourth-order valence-electron chi connectivity index (χ4n) is 2.99. The molecule has 2 aromatic rings. The average Bonchev–Trinajstić information content (AvgIpc) is 3.46. The van der Waals surface area contributed by atoms with Crippen LogP contribution in [0.2, 0.25) is 0 Å². The molecule has 1 saturated carbocycles. The third kappa shape index (κ3) is 5.31. The van der Waals surface area contributed by atoms with Gasteiger partial charge in [0.1, 0.15) is 12.3 Å². The number of ether oxygens (including phenoxy) is 1. The minimum atomic E-state index is -0.136. The summed E-state index contributed by atoms with van der Waals surface area (Å²) in [6.45, 7) is 0.956. The zero-order chi connectivity index (χ0) is 19.2. The fourth-order valence-corrected chi connectivity index (χ4v) is 2.99. The van der Waals surface area contributed by atoms with Gasteiger partial charge in [-0.2, -0.15) is 0 Å². The van der Waals surface area contributed by atoms with E-state index in [9.17, 15) is 9.59 Å². The maximum atomic E-state index is 12.5. The number of anilines is 1. The number of hydrogen-bond acceptors (Lipinski definition) is 3. The van der Waals surface area contributed by atoms with Gasteiger partial charge < -0.3 is 20.3 Å². The number of quaternary nitrogens is 1. The van der Waals surface area contributed by atoms with Crippen LogP contribution < -0.4 is 20.3 Å². The Hall–Kier alpha value is -2.86. The Balaban J connectivity index is 1.59. The first kappa shape index (κ1) is 18.9. The molecule has 2 amide bonds. The number of rotatable bonds is 8. The molecule has 0 bridgehead atoms. The smallest absolute Gasteiger partial charge is 0.279 e. The molecule has 6 heteroatoms. The summed E-state index contributed by atoms with van der Waals surface area (Å²) < 4.78 is 5.37. The number of carbonyl (C=O) groups excluding carboxylic acids is 2. The van der Waals surface area contributed by atoms with Gasteiger partial charge in [-0.25, -0.2) is 0 Å². The van der Waals surface area contributed by atoms with E-state index in [0.29, 0.717) is 17.8 Å². The van der Waals surface area contributed by atoms with Crippen molar-refractivity contribution in [2.24, 2.45) is 0 Å². The van der Waals surface area contributed by atoms with Gasteiger partial charge >= 0.3 is 0 Å². The first-order chi connectivity index (χ1) is 13.1. The Bertz CT molecular complexity index is 818. The van der Waals surface area contributed by atoms with Crippen LogP contribution >= 0.6 is 0 Å². The lowest BCUT2D eigenvalue weighted by molar-refractivity contribution is -0.885. The van der Waals surface area contributed by atoms with Gasteiger partial charge in [0.2, 0.25) is 0 Å². The summed E-state index contributed by atoms with van der Waals surface area (Å²) in [6, 6.07) is 15.2. The zero-order valence-electron chi connectivity index (χ0n) is 15.7. The number of hydrogen-bond donors (Lipinski definition) is 3. The van der Waals surface area contributed by atoms with Crippen molar-refractivity contribution >= 4 is 17.5 Å². The maximum absolute atomic E-state index is 12.5. The SMILES string of the molecule is COc1ccccc1C[NH+](C)CC(=O)Nc1ccccc1C(=O)NC1CC1. The Labute approximate surface area is 159 Å². The van der Waals surface area contributed by atoms with Crippen LogP contribution in [0.5, 0.6) is 5.75 Å². The predicted molar refractivity (Wildman–Crippen MR) is 104 cm³/mol. The van der Waals surface area contributed by atoms with Gasteiger partial charge in [-0.1, -0.05) is 24.3 Å². The van der Waals surface area contributed by atoms with E-state index in [1.807, 2.05) is 37.4 Å². The van der Waals surface area contributed by atoms with E-state index in [4.69, 9.17) is 4.74 Å². The highest BCUT2D eigenvalue weighted by molar-refractivity contribution is 6.04. The van der Waals surface area contributed by atoms with Crippen LogP contribution in [0, 0.1) is 0 Å². The van der Waals surface area contributed by atoms with Gasteiger partial charge in [0.25, 0.3) is 11.8 Å². The monoisotopic (exact) mass is 368 g/mol. The minimum absolute atomic E-state index is 0.130. The van der Waals surface area contributed by atoms with E-state index in [0.717, 1.165) is 29.1 Å². The summed E-state index contributed by atoms with van der Waals surface area (Å²) in [5.74, 6) is 0.552. The van der Waals surface area contributed by atoms with Crippen LogP contribution in [0.25, 0.3) is 0 Å². The molecule has 0 heterocycles. The Morgan fingerprint density at radius 2 is 1.81 bits per heavy atom. The molecule has 1 fully saturated rings. The molecule has 6 nitrogen and oxygen atoms in total. The van der Waals surface area contributed by atoms with Crippen molar-refractivity contribution in [3.8, 4) is 5.75 Å². The van der Waals surface area contributed by atoms with Gasteiger partial charge in [-0.3, -0.25) is 9.59 Å². The highest BCUT2D eigenvalue weighted by Gasteiger charge is 2.25. The standard InChI is InChI=1S/C21H25N3O3/c1-24(13-15-7-3-6-10-19(15)27-2)14-20(25)23-18-9-5-4-8-17(18)21(26)22-16-11-12-16/h3-10,16H,11-14H2,1-2H3,(H,22,26)(H,23,25)/p+1. The van der Waals surface area contributed by atoms with Crippen LogP contribution in [0.4, 0.5) is 5.69 Å². The Morgan fingerprint density at radius 3 is 2.56 bits per heavy atom. The molecule has 3 rings (SSSR count). The fraction of sp³-hybridized carbons (Fsp3) is 0.333. The second-order valence-corrected chi connectivity index (χ2v) is 6.96. The number of methoxy groups -OCH3 is 1. The summed E-state index contributed by atoms with van der Waals surface area (Å²) in [5.41, 5.74) is 2.10. The van der Waals surface area contributed by atoms with E-state index in [2.05, 4.69) is 10.6 Å². The van der Waals surface area contributed by atoms with Gasteiger partial charge in [-0.15, -0.1) is 0 Å². The van der Waals surface area contributed by atoms with Gasteiger partial charge in [0.15, 0.2) is 6.54 Å². The third-order valence-corrected chi connectivity index (χ3v) is 4.51. The van der Waals surface area contributed by atoms with Gasteiger partial charge in [-0.05, 0) is 37.1 Å².